The van der Waals surface area contributed by atoms with E-state index < -0.39 is 11.5 Å². The second kappa shape index (κ2) is 6.01. The average molecular weight is 368 g/mol. The number of rotatable bonds is 5. The summed E-state index contributed by atoms with van der Waals surface area (Å²) < 4.78 is 6.31. The lowest BCUT2D eigenvalue weighted by Gasteiger charge is -2.27. The van der Waals surface area contributed by atoms with Gasteiger partial charge in [0.25, 0.3) is 0 Å². The molecule has 5 nitrogen and oxygen atoms in total. The third-order valence-electron chi connectivity index (χ3n) is 4.39. The van der Waals surface area contributed by atoms with Gasteiger partial charge in [0, 0.05) is 17.0 Å². The molecular weight excluding hydrogens is 350 g/mol. The summed E-state index contributed by atoms with van der Waals surface area (Å²) in [5.41, 5.74) is 0.400. The maximum Gasteiger partial charge on any atom is 0.305 e. The summed E-state index contributed by atoms with van der Waals surface area (Å²) in [4.78, 5) is 23.5. The predicted octanol–water partition coefficient (Wildman–Crippen LogP) is 2.30. The Morgan fingerprint density at radius 2 is 2.27 bits per heavy atom. The molecule has 22 heavy (non-hydrogen) atoms. The van der Waals surface area contributed by atoms with Crippen LogP contribution in [0.3, 0.4) is 0 Å². The summed E-state index contributed by atoms with van der Waals surface area (Å²) in [6.07, 6.45) is 1.28. The van der Waals surface area contributed by atoms with E-state index in [4.69, 9.17) is 9.84 Å². The monoisotopic (exact) mass is 367 g/mol. The van der Waals surface area contributed by atoms with Crippen LogP contribution in [0, 0.1) is 5.92 Å². The highest BCUT2D eigenvalue weighted by Gasteiger charge is 2.47. The molecule has 0 aromatic heterocycles. The van der Waals surface area contributed by atoms with Crippen LogP contribution < -0.4 is 5.32 Å². The maximum absolute atomic E-state index is 12.4. The number of benzene rings is 1. The summed E-state index contributed by atoms with van der Waals surface area (Å²) in [5, 5.41) is 12.0. The van der Waals surface area contributed by atoms with Gasteiger partial charge in [-0.15, -0.1) is 0 Å². The minimum atomic E-state index is -0.912. The van der Waals surface area contributed by atoms with E-state index in [2.05, 4.69) is 21.2 Å². The van der Waals surface area contributed by atoms with Crippen molar-refractivity contribution in [3.63, 3.8) is 0 Å². The van der Waals surface area contributed by atoms with Gasteiger partial charge in [0.2, 0.25) is 5.91 Å². The van der Waals surface area contributed by atoms with Crippen molar-refractivity contribution in [3.05, 3.63) is 34.3 Å². The lowest BCUT2D eigenvalue weighted by molar-refractivity contribution is -0.139. The SMILES string of the molecule is O=C(O)CC1(NC(=O)C2CC2c2cccc(Br)c2)CCOC1. The topological polar surface area (TPSA) is 75.6 Å². The molecule has 1 aliphatic heterocycles. The molecule has 0 bridgehead atoms. The van der Waals surface area contributed by atoms with Crippen LogP contribution in [0.4, 0.5) is 0 Å². The molecule has 1 amide bonds. The Kier molecular flexibility index (Phi) is 4.23. The summed E-state index contributed by atoms with van der Waals surface area (Å²) in [6, 6.07) is 7.97. The molecule has 1 aromatic rings. The zero-order valence-corrected chi connectivity index (χ0v) is 13.6. The van der Waals surface area contributed by atoms with Gasteiger partial charge in [-0.3, -0.25) is 9.59 Å². The van der Waals surface area contributed by atoms with Gasteiger partial charge in [-0.05, 0) is 36.5 Å². The van der Waals surface area contributed by atoms with Crippen molar-refractivity contribution in [3.8, 4) is 0 Å². The fraction of sp³-hybridized carbons (Fsp3) is 0.500. The molecule has 3 atom stereocenters. The van der Waals surface area contributed by atoms with Crippen molar-refractivity contribution in [2.24, 2.45) is 5.92 Å². The van der Waals surface area contributed by atoms with Crippen molar-refractivity contribution >= 4 is 27.8 Å². The lowest BCUT2D eigenvalue weighted by Crippen LogP contribution is -2.51. The first-order chi connectivity index (χ1) is 10.5. The first kappa shape index (κ1) is 15.5. The molecule has 3 unspecified atom stereocenters. The highest BCUT2D eigenvalue weighted by Crippen LogP contribution is 2.48. The van der Waals surface area contributed by atoms with Crippen LogP contribution in [0.5, 0.6) is 0 Å². The Labute approximate surface area is 137 Å². The maximum atomic E-state index is 12.4. The van der Waals surface area contributed by atoms with E-state index in [1.54, 1.807) is 0 Å². The van der Waals surface area contributed by atoms with E-state index >= 15 is 0 Å². The van der Waals surface area contributed by atoms with Gasteiger partial charge in [-0.1, -0.05) is 28.1 Å². The third-order valence-corrected chi connectivity index (χ3v) is 4.88. The molecule has 1 saturated heterocycles. The molecule has 2 aliphatic rings. The van der Waals surface area contributed by atoms with Crippen LogP contribution in [0.2, 0.25) is 0 Å². The number of halogens is 1. The number of carboxylic acid groups (broad SMARTS) is 1. The van der Waals surface area contributed by atoms with Crippen molar-refractivity contribution in [1.82, 2.24) is 5.32 Å². The van der Waals surface area contributed by atoms with E-state index in [0.29, 0.717) is 13.0 Å². The number of ether oxygens (including phenoxy) is 1. The van der Waals surface area contributed by atoms with Gasteiger partial charge in [0.05, 0.1) is 18.6 Å². The fourth-order valence-electron chi connectivity index (χ4n) is 3.12. The highest BCUT2D eigenvalue weighted by atomic mass is 79.9. The first-order valence-corrected chi connectivity index (χ1v) is 8.15. The second-order valence-corrected chi connectivity index (χ2v) is 7.06. The van der Waals surface area contributed by atoms with Gasteiger partial charge in [0.1, 0.15) is 0 Å². The molecule has 118 valence electrons. The average Bonchev–Trinajstić information content (AvgIpc) is 3.14. The Morgan fingerprint density at radius 3 is 2.91 bits per heavy atom. The van der Waals surface area contributed by atoms with Crippen LogP contribution in [-0.2, 0) is 14.3 Å². The third kappa shape index (κ3) is 3.33. The number of carboxylic acids is 1. The van der Waals surface area contributed by atoms with Gasteiger partial charge in [-0.2, -0.15) is 0 Å². The smallest absolute Gasteiger partial charge is 0.305 e. The number of hydrogen-bond donors (Lipinski definition) is 2. The number of aliphatic carboxylic acids is 1. The molecule has 2 fully saturated rings. The molecule has 6 heteroatoms. The standard InChI is InChI=1S/C16H18BrNO4/c17-11-3-1-2-10(6-11)12-7-13(12)15(21)18-16(8-14(19)20)4-5-22-9-16/h1-3,6,12-13H,4-5,7-9H2,(H,18,21)(H,19,20). The normalized spacial score (nSPS) is 30.0. The molecule has 0 spiro atoms. The quantitative estimate of drug-likeness (QED) is 0.837. The molecule has 1 aliphatic carbocycles. The molecule has 1 aromatic carbocycles. The van der Waals surface area contributed by atoms with Gasteiger partial charge < -0.3 is 15.2 Å². The van der Waals surface area contributed by atoms with Gasteiger partial charge in [0.15, 0.2) is 0 Å². The van der Waals surface area contributed by atoms with Crippen molar-refractivity contribution in [1.29, 1.82) is 0 Å². The summed E-state index contributed by atoms with van der Waals surface area (Å²) in [7, 11) is 0. The molecule has 3 rings (SSSR count). The fourth-order valence-corrected chi connectivity index (χ4v) is 3.54. The summed E-state index contributed by atoms with van der Waals surface area (Å²) in [6.45, 7) is 0.770. The summed E-state index contributed by atoms with van der Waals surface area (Å²) in [5.74, 6) is -0.816. The number of carbonyl (C=O) groups excluding carboxylic acids is 1. The Balaban J connectivity index is 1.64. The summed E-state index contributed by atoms with van der Waals surface area (Å²) >= 11 is 3.44. The van der Waals surface area contributed by atoms with Gasteiger partial charge >= 0.3 is 5.97 Å². The first-order valence-electron chi connectivity index (χ1n) is 7.36. The van der Waals surface area contributed by atoms with Crippen LogP contribution in [0.1, 0.15) is 30.7 Å². The zero-order chi connectivity index (χ0) is 15.7. The van der Waals surface area contributed by atoms with Gasteiger partial charge in [-0.25, -0.2) is 0 Å². The van der Waals surface area contributed by atoms with Crippen LogP contribution >= 0.6 is 15.9 Å². The number of carbonyl (C=O) groups is 2. The zero-order valence-electron chi connectivity index (χ0n) is 12.0. The Hall–Kier alpha value is -1.40. The lowest BCUT2D eigenvalue weighted by atomic mass is 9.94. The van der Waals surface area contributed by atoms with E-state index in [1.807, 2.05) is 24.3 Å². The van der Waals surface area contributed by atoms with E-state index in [0.717, 1.165) is 16.5 Å². The Bertz CT molecular complexity index is 598. The van der Waals surface area contributed by atoms with E-state index in [9.17, 15) is 9.59 Å². The minimum absolute atomic E-state index is 0.0586. The van der Waals surface area contributed by atoms with Crippen molar-refractivity contribution in [2.45, 2.75) is 30.7 Å². The van der Waals surface area contributed by atoms with Crippen LogP contribution in [-0.4, -0.2) is 35.7 Å². The predicted molar refractivity (Wildman–Crippen MR) is 83.6 cm³/mol. The van der Waals surface area contributed by atoms with Crippen molar-refractivity contribution in [2.75, 3.05) is 13.2 Å². The van der Waals surface area contributed by atoms with Crippen LogP contribution in [0.15, 0.2) is 28.7 Å². The molecular formula is C16H18BrNO4. The second-order valence-electron chi connectivity index (χ2n) is 6.15. The Morgan fingerprint density at radius 1 is 1.45 bits per heavy atom. The molecule has 2 N–H and O–H groups in total. The van der Waals surface area contributed by atoms with Crippen LogP contribution in [0.25, 0.3) is 0 Å². The van der Waals surface area contributed by atoms with Crippen molar-refractivity contribution < 1.29 is 19.4 Å². The molecule has 1 saturated carbocycles. The minimum Gasteiger partial charge on any atom is -0.481 e. The molecule has 1 heterocycles. The number of nitrogens with one attached hydrogen (secondary N) is 1. The van der Waals surface area contributed by atoms with E-state index in [1.165, 1.54) is 0 Å². The van der Waals surface area contributed by atoms with E-state index in [-0.39, 0.29) is 30.8 Å². The largest absolute Gasteiger partial charge is 0.481 e. The number of amides is 1. The number of hydrogen-bond acceptors (Lipinski definition) is 3. The molecule has 0 radical (unpaired) electrons. The highest BCUT2D eigenvalue weighted by molar-refractivity contribution is 9.10.